The zero-order valence-corrected chi connectivity index (χ0v) is 25.0. The Morgan fingerprint density at radius 1 is 1.07 bits per heavy atom. The van der Waals surface area contributed by atoms with Crippen LogP contribution in [0.15, 0.2) is 0 Å². The minimum absolute atomic E-state index is 0.0372. The molecular weight excluding hydrogens is 584 g/mol. The van der Waals surface area contributed by atoms with Crippen molar-refractivity contribution < 1.29 is 54.4 Å². The van der Waals surface area contributed by atoms with Crippen molar-refractivity contribution in [1.82, 2.24) is 0 Å². The van der Waals surface area contributed by atoms with E-state index in [0.717, 1.165) is 12.8 Å². The number of rotatable bonds is 9. The first kappa shape index (κ1) is 33.0. The second kappa shape index (κ2) is 11.2. The topological polar surface area (TPSA) is 135 Å². The normalized spacial score (nSPS) is 36.5. The first-order chi connectivity index (χ1) is 19.3. The van der Waals surface area contributed by atoms with Crippen LogP contribution in [0.1, 0.15) is 91.4 Å². The molecule has 4 rings (SSSR count). The standard InChI is InChI=1S/C29H40F4O8S/c1-16(7-8-24(37)41-12-11-28(30,31)29(32,33)42(38,39)40)19-5-4-6-20-25-21(15-23(36)27(19,20)3)26(2)10-9-18(34)13-17(26)14-22(25)35/h16-17,19-21,25H,4-15H2,1-3H3,(H,38,39,40)/p-1. The zero-order chi connectivity index (χ0) is 31.5. The average Bonchev–Trinajstić information content (AvgIpc) is 2.88. The predicted octanol–water partition coefficient (Wildman–Crippen LogP) is 5.09. The number of ketones is 3. The Labute approximate surface area is 243 Å². The molecule has 4 aliphatic rings. The molecule has 0 N–H and O–H groups in total. The molecule has 4 saturated carbocycles. The van der Waals surface area contributed by atoms with Crippen LogP contribution in [0.3, 0.4) is 0 Å². The summed E-state index contributed by atoms with van der Waals surface area (Å²) in [4.78, 5) is 52.0. The summed E-state index contributed by atoms with van der Waals surface area (Å²) in [5.41, 5.74) is -1.03. The quantitative estimate of drug-likeness (QED) is 0.197. The third-order valence-electron chi connectivity index (χ3n) is 11.4. The highest BCUT2D eigenvalue weighted by Crippen LogP contribution is 2.65. The fourth-order valence-electron chi connectivity index (χ4n) is 8.83. The Kier molecular flexibility index (Phi) is 8.83. The number of hydrogen-bond donors (Lipinski definition) is 0. The summed E-state index contributed by atoms with van der Waals surface area (Å²) in [6.07, 6.45) is 2.53. The number of esters is 1. The van der Waals surface area contributed by atoms with Crippen LogP contribution >= 0.6 is 0 Å². The van der Waals surface area contributed by atoms with E-state index >= 15 is 0 Å². The van der Waals surface area contributed by atoms with Gasteiger partial charge in [-0.25, -0.2) is 8.42 Å². The van der Waals surface area contributed by atoms with Gasteiger partial charge in [-0.2, -0.15) is 17.6 Å². The molecule has 0 aromatic carbocycles. The first-order valence-corrected chi connectivity index (χ1v) is 16.1. The third-order valence-corrected chi connectivity index (χ3v) is 12.3. The van der Waals surface area contributed by atoms with Crippen molar-refractivity contribution in [1.29, 1.82) is 0 Å². The Bertz CT molecular complexity index is 1240. The fourth-order valence-corrected chi connectivity index (χ4v) is 9.30. The number of ether oxygens (including phenoxy) is 1. The van der Waals surface area contributed by atoms with Gasteiger partial charge < -0.3 is 9.29 Å². The van der Waals surface area contributed by atoms with E-state index in [1.54, 1.807) is 0 Å². The van der Waals surface area contributed by atoms with Gasteiger partial charge in [0, 0.05) is 43.4 Å². The summed E-state index contributed by atoms with van der Waals surface area (Å²) in [5, 5.41) is -5.84. The molecule has 42 heavy (non-hydrogen) atoms. The molecule has 0 aliphatic heterocycles. The van der Waals surface area contributed by atoms with E-state index in [2.05, 4.69) is 11.7 Å². The van der Waals surface area contributed by atoms with Gasteiger partial charge in [0.25, 0.3) is 0 Å². The summed E-state index contributed by atoms with van der Waals surface area (Å²) in [6, 6.07) is 0. The molecule has 0 spiro atoms. The molecule has 0 bridgehead atoms. The molecule has 8 nitrogen and oxygen atoms in total. The number of carbonyl (C=O) groups excluding carboxylic acids is 4. The minimum Gasteiger partial charge on any atom is -0.743 e. The van der Waals surface area contributed by atoms with Gasteiger partial charge in [0.1, 0.15) is 17.3 Å². The van der Waals surface area contributed by atoms with Crippen molar-refractivity contribution in [3.63, 3.8) is 0 Å². The minimum atomic E-state index is -6.62. The van der Waals surface area contributed by atoms with Gasteiger partial charge in [-0.1, -0.05) is 27.2 Å². The van der Waals surface area contributed by atoms with E-state index in [9.17, 15) is 49.7 Å². The van der Waals surface area contributed by atoms with Crippen molar-refractivity contribution in [2.45, 2.75) is 103 Å². The van der Waals surface area contributed by atoms with Crippen LogP contribution in [0.4, 0.5) is 17.6 Å². The van der Waals surface area contributed by atoms with Crippen molar-refractivity contribution in [3.8, 4) is 0 Å². The molecular formula is C29H39F4O8S-. The van der Waals surface area contributed by atoms with E-state index in [1.807, 2.05) is 13.8 Å². The van der Waals surface area contributed by atoms with Crippen LogP contribution in [-0.4, -0.2) is 54.1 Å². The van der Waals surface area contributed by atoms with Crippen LogP contribution in [0.5, 0.6) is 0 Å². The molecule has 4 fully saturated rings. The molecule has 0 aromatic heterocycles. The van der Waals surface area contributed by atoms with Crippen LogP contribution < -0.4 is 0 Å². The molecule has 4 aliphatic carbocycles. The van der Waals surface area contributed by atoms with E-state index in [0.29, 0.717) is 32.1 Å². The summed E-state index contributed by atoms with van der Waals surface area (Å²) >= 11 is 0. The molecule has 238 valence electrons. The van der Waals surface area contributed by atoms with Gasteiger partial charge in [0.05, 0.1) is 13.0 Å². The number of halogens is 4. The number of carbonyl (C=O) groups is 4. The number of alkyl halides is 4. The number of fused-ring (bicyclic) bond motifs is 5. The van der Waals surface area contributed by atoms with Gasteiger partial charge in [0.2, 0.25) is 0 Å². The fraction of sp³-hybridized carbons (Fsp3) is 0.862. The average molecular weight is 624 g/mol. The lowest BCUT2D eigenvalue weighted by Gasteiger charge is -2.62. The summed E-state index contributed by atoms with van der Waals surface area (Å²) in [6.45, 7) is 4.73. The Morgan fingerprint density at radius 3 is 2.38 bits per heavy atom. The predicted molar refractivity (Wildman–Crippen MR) is 139 cm³/mol. The lowest BCUT2D eigenvalue weighted by Crippen LogP contribution is -2.62. The third kappa shape index (κ3) is 5.45. The van der Waals surface area contributed by atoms with Gasteiger partial charge >= 0.3 is 17.1 Å². The monoisotopic (exact) mass is 623 g/mol. The molecule has 0 heterocycles. The van der Waals surface area contributed by atoms with Gasteiger partial charge in [-0.15, -0.1) is 0 Å². The summed E-state index contributed by atoms with van der Waals surface area (Å²) in [7, 11) is -6.62. The maximum absolute atomic E-state index is 14.0. The lowest BCUT2D eigenvalue weighted by molar-refractivity contribution is -0.177. The summed E-state index contributed by atoms with van der Waals surface area (Å²) < 4.78 is 90.0. The highest BCUT2D eigenvalue weighted by Gasteiger charge is 2.65. The van der Waals surface area contributed by atoms with Crippen LogP contribution in [0, 0.1) is 46.3 Å². The van der Waals surface area contributed by atoms with Gasteiger partial charge in [-0.05, 0) is 60.7 Å². The number of Topliss-reactive ketones (excluding diaryl/α,β-unsaturated/α-hetero) is 3. The Morgan fingerprint density at radius 2 is 1.74 bits per heavy atom. The van der Waals surface area contributed by atoms with Crippen LogP contribution in [0.25, 0.3) is 0 Å². The molecule has 8 atom stereocenters. The molecule has 13 heteroatoms. The van der Waals surface area contributed by atoms with E-state index in [1.165, 1.54) is 0 Å². The zero-order valence-electron chi connectivity index (χ0n) is 24.1. The SMILES string of the molecule is CC(CCC(=O)OCCC(F)(F)C(F)(F)S(=O)(=O)[O-])C1CCCC2C3C(=O)CC4CC(=O)CCC4(C)C3CC(=O)C12C. The second-order valence-electron chi connectivity index (χ2n) is 13.5. The van der Waals surface area contributed by atoms with Crippen molar-refractivity contribution in [3.05, 3.63) is 0 Å². The van der Waals surface area contributed by atoms with E-state index in [-0.39, 0.29) is 77.5 Å². The molecule has 0 aromatic rings. The van der Waals surface area contributed by atoms with Crippen molar-refractivity contribution >= 4 is 33.4 Å². The Hall–Kier alpha value is -1.89. The highest BCUT2D eigenvalue weighted by molar-refractivity contribution is 7.86. The smallest absolute Gasteiger partial charge is 0.396 e. The van der Waals surface area contributed by atoms with E-state index < -0.39 is 45.7 Å². The molecule has 0 radical (unpaired) electrons. The second-order valence-corrected chi connectivity index (χ2v) is 14.9. The van der Waals surface area contributed by atoms with Gasteiger partial charge in [-0.3, -0.25) is 19.2 Å². The van der Waals surface area contributed by atoms with E-state index in [4.69, 9.17) is 0 Å². The first-order valence-electron chi connectivity index (χ1n) is 14.7. The maximum Gasteiger partial charge on any atom is 0.396 e. The van der Waals surface area contributed by atoms with Gasteiger partial charge in [0.15, 0.2) is 10.1 Å². The maximum atomic E-state index is 14.0. The van der Waals surface area contributed by atoms with Crippen molar-refractivity contribution in [2.24, 2.45) is 46.3 Å². The molecule has 0 saturated heterocycles. The van der Waals surface area contributed by atoms with Crippen LogP contribution in [0.2, 0.25) is 0 Å². The number of hydrogen-bond acceptors (Lipinski definition) is 8. The van der Waals surface area contributed by atoms with Crippen LogP contribution in [-0.2, 0) is 34.0 Å². The largest absolute Gasteiger partial charge is 0.743 e. The lowest BCUT2D eigenvalue weighted by atomic mass is 9.40. The Balaban J connectivity index is 1.40. The highest BCUT2D eigenvalue weighted by atomic mass is 32.2. The summed E-state index contributed by atoms with van der Waals surface area (Å²) in [5.74, 6) is -6.66. The molecule has 0 amide bonds. The molecule has 8 unspecified atom stereocenters. The van der Waals surface area contributed by atoms with Crippen molar-refractivity contribution in [2.75, 3.05) is 6.61 Å².